The number of nitrogens with zero attached hydrogens (tertiary/aromatic N) is 2. The van der Waals surface area contributed by atoms with E-state index in [1.165, 1.54) is 57.8 Å². The minimum absolute atomic E-state index is 0.178. The van der Waals surface area contributed by atoms with Gasteiger partial charge in [-0.3, -0.25) is 4.98 Å². The molecule has 0 saturated carbocycles. The van der Waals surface area contributed by atoms with Crippen molar-refractivity contribution in [2.75, 3.05) is 13.6 Å². The first kappa shape index (κ1) is 19.1. The van der Waals surface area contributed by atoms with E-state index in [4.69, 9.17) is 0 Å². The number of hydrogen-bond acceptors (Lipinski definition) is 2. The topological polar surface area (TPSA) is 36.0 Å². The zero-order valence-corrected chi connectivity index (χ0v) is 14.6. The van der Waals surface area contributed by atoms with Gasteiger partial charge in [-0.1, -0.05) is 64.4 Å². The van der Waals surface area contributed by atoms with Crippen LogP contribution in [-0.2, 0) is 6.54 Å². The van der Waals surface area contributed by atoms with E-state index in [1.54, 1.807) is 19.4 Å². The first-order chi connectivity index (χ1) is 10.6. The number of unbranched alkanes of at least 4 members (excludes halogenated alkanes) is 9. The molecule has 1 rings (SSSR count). The van der Waals surface area contributed by atoms with E-state index < -0.39 is 0 Å². The van der Waals surface area contributed by atoms with Crippen LogP contribution in [0.15, 0.2) is 24.5 Å². The van der Waals surface area contributed by atoms with Gasteiger partial charge in [-0.05, 0) is 18.9 Å². The van der Waals surface area contributed by atoms with Gasteiger partial charge in [0.1, 0.15) is 6.54 Å². The molecule has 0 aliphatic heterocycles. The second-order valence-electron chi connectivity index (χ2n) is 6.72. The smallest absolute Gasteiger partial charge is 0.105 e. The van der Waals surface area contributed by atoms with Crippen LogP contribution >= 0.6 is 0 Å². The molecule has 126 valence electrons. The Morgan fingerprint density at radius 1 is 0.955 bits per heavy atom. The molecule has 0 spiro atoms. The highest BCUT2D eigenvalue weighted by Gasteiger charge is 2.10. The molecular formula is C19H34N2O. The molecule has 1 aromatic rings. The van der Waals surface area contributed by atoms with Crippen LogP contribution in [0.5, 0.6) is 0 Å². The maximum Gasteiger partial charge on any atom is 0.105 e. The van der Waals surface area contributed by atoms with Crippen LogP contribution in [-0.4, -0.2) is 23.2 Å². The van der Waals surface area contributed by atoms with Crippen molar-refractivity contribution in [1.29, 1.82) is 0 Å². The molecule has 1 atom stereocenters. The van der Waals surface area contributed by atoms with Gasteiger partial charge in [-0.15, -0.1) is 0 Å². The molecule has 0 aliphatic carbocycles. The molecule has 1 aromatic heterocycles. The van der Waals surface area contributed by atoms with Gasteiger partial charge >= 0.3 is 0 Å². The number of aromatic nitrogens is 1. The van der Waals surface area contributed by atoms with Gasteiger partial charge in [0.15, 0.2) is 0 Å². The summed E-state index contributed by atoms with van der Waals surface area (Å²) in [7, 11) is 1.78. The molecule has 0 aromatic carbocycles. The molecule has 22 heavy (non-hydrogen) atoms. The summed E-state index contributed by atoms with van der Waals surface area (Å²) in [6.07, 6.45) is 16.6. The lowest BCUT2D eigenvalue weighted by Crippen LogP contribution is -2.37. The van der Waals surface area contributed by atoms with E-state index in [0.717, 1.165) is 12.0 Å². The van der Waals surface area contributed by atoms with Crippen molar-refractivity contribution < 1.29 is 4.65 Å². The van der Waals surface area contributed by atoms with Crippen molar-refractivity contribution in [2.45, 2.75) is 77.7 Å². The lowest BCUT2D eigenvalue weighted by molar-refractivity contribution is -0.874. The molecular weight excluding hydrogens is 272 g/mol. The highest BCUT2D eigenvalue weighted by Crippen LogP contribution is 2.14. The zero-order valence-electron chi connectivity index (χ0n) is 14.6. The second kappa shape index (κ2) is 11.6. The highest BCUT2D eigenvalue weighted by molar-refractivity contribution is 5.06. The molecule has 0 bridgehead atoms. The Kier molecular flexibility index (Phi) is 10.1. The van der Waals surface area contributed by atoms with Crippen molar-refractivity contribution in [3.8, 4) is 0 Å². The van der Waals surface area contributed by atoms with Crippen molar-refractivity contribution in [2.24, 2.45) is 0 Å². The number of hydroxylamine groups is 3. The lowest BCUT2D eigenvalue weighted by atomic mass is 10.1. The van der Waals surface area contributed by atoms with E-state index in [1.807, 2.05) is 12.1 Å². The minimum Gasteiger partial charge on any atom is -0.633 e. The van der Waals surface area contributed by atoms with E-state index in [0.29, 0.717) is 13.1 Å². The normalized spacial score (nSPS) is 14.0. The monoisotopic (exact) mass is 306 g/mol. The molecule has 0 radical (unpaired) electrons. The van der Waals surface area contributed by atoms with Crippen LogP contribution in [0.4, 0.5) is 0 Å². The molecule has 0 aliphatic rings. The number of quaternary nitrogens is 1. The third-order valence-electron chi connectivity index (χ3n) is 4.22. The minimum atomic E-state index is -0.178. The quantitative estimate of drug-likeness (QED) is 0.276. The van der Waals surface area contributed by atoms with Crippen molar-refractivity contribution >= 4 is 0 Å². The van der Waals surface area contributed by atoms with Crippen LogP contribution in [0.3, 0.4) is 0 Å². The van der Waals surface area contributed by atoms with Crippen LogP contribution < -0.4 is 0 Å². The summed E-state index contributed by atoms with van der Waals surface area (Å²) >= 11 is 0. The molecule has 3 nitrogen and oxygen atoms in total. The number of pyridine rings is 1. The molecule has 3 heteroatoms. The van der Waals surface area contributed by atoms with E-state index in [2.05, 4.69) is 11.9 Å². The van der Waals surface area contributed by atoms with Crippen molar-refractivity contribution in [3.05, 3.63) is 35.3 Å². The van der Waals surface area contributed by atoms with E-state index >= 15 is 0 Å². The van der Waals surface area contributed by atoms with E-state index in [-0.39, 0.29) is 4.65 Å². The second-order valence-corrected chi connectivity index (χ2v) is 6.72. The third kappa shape index (κ3) is 9.91. The Labute approximate surface area is 136 Å². The van der Waals surface area contributed by atoms with Crippen molar-refractivity contribution in [1.82, 2.24) is 4.98 Å². The maximum atomic E-state index is 12.4. The summed E-state index contributed by atoms with van der Waals surface area (Å²) in [5, 5.41) is 12.4. The average molecular weight is 306 g/mol. The van der Waals surface area contributed by atoms with E-state index in [9.17, 15) is 5.21 Å². The van der Waals surface area contributed by atoms with Crippen LogP contribution in [0, 0.1) is 5.21 Å². The lowest BCUT2D eigenvalue weighted by Gasteiger charge is -2.38. The largest absolute Gasteiger partial charge is 0.633 e. The van der Waals surface area contributed by atoms with Crippen molar-refractivity contribution in [3.63, 3.8) is 0 Å². The molecule has 0 fully saturated rings. The van der Waals surface area contributed by atoms with Gasteiger partial charge in [0.05, 0.1) is 13.6 Å². The Morgan fingerprint density at radius 2 is 1.55 bits per heavy atom. The Balaban J connectivity index is 1.99. The molecule has 0 saturated heterocycles. The van der Waals surface area contributed by atoms with Gasteiger partial charge in [0, 0.05) is 18.0 Å². The Morgan fingerprint density at radius 3 is 2.09 bits per heavy atom. The fourth-order valence-electron chi connectivity index (χ4n) is 2.89. The number of hydrogen-bond donors (Lipinski definition) is 0. The predicted molar refractivity (Wildman–Crippen MR) is 94.2 cm³/mol. The van der Waals surface area contributed by atoms with Crippen LogP contribution in [0.25, 0.3) is 0 Å². The standard InChI is InChI=1S/C19H34N2O/c1-3-4-5-6-7-8-9-10-11-12-16-21(2,22)18-19-14-13-15-20-17-19/h13-15,17H,3-12,16,18H2,1-2H3. The predicted octanol–water partition coefficient (Wildman–Crippen LogP) is 5.45. The summed E-state index contributed by atoms with van der Waals surface area (Å²) in [5.74, 6) is 0. The van der Waals surface area contributed by atoms with Crippen LogP contribution in [0.1, 0.15) is 76.7 Å². The summed E-state index contributed by atoms with van der Waals surface area (Å²) in [6, 6.07) is 3.88. The first-order valence-corrected chi connectivity index (χ1v) is 9.08. The fraction of sp³-hybridized carbons (Fsp3) is 0.737. The fourth-order valence-corrected chi connectivity index (χ4v) is 2.89. The Hall–Kier alpha value is -0.930. The third-order valence-corrected chi connectivity index (χ3v) is 4.22. The summed E-state index contributed by atoms with van der Waals surface area (Å²) in [4.78, 5) is 4.08. The number of rotatable bonds is 13. The Bertz CT molecular complexity index is 365. The van der Waals surface area contributed by atoms with Gasteiger partial charge < -0.3 is 9.85 Å². The summed E-state index contributed by atoms with van der Waals surface area (Å²) in [6.45, 7) is 3.51. The zero-order chi connectivity index (χ0) is 16.1. The first-order valence-electron chi connectivity index (χ1n) is 9.08. The molecule has 1 unspecified atom stereocenters. The van der Waals surface area contributed by atoms with Gasteiger partial charge in [-0.25, -0.2) is 0 Å². The molecule has 0 N–H and O–H groups in total. The van der Waals surface area contributed by atoms with Gasteiger partial charge in [0.2, 0.25) is 0 Å². The molecule has 0 amide bonds. The van der Waals surface area contributed by atoms with Crippen LogP contribution in [0.2, 0.25) is 0 Å². The van der Waals surface area contributed by atoms with Gasteiger partial charge in [0.25, 0.3) is 0 Å². The summed E-state index contributed by atoms with van der Waals surface area (Å²) < 4.78 is -0.178. The highest BCUT2D eigenvalue weighted by atomic mass is 16.5. The van der Waals surface area contributed by atoms with Gasteiger partial charge in [-0.2, -0.15) is 0 Å². The molecule has 1 heterocycles. The maximum absolute atomic E-state index is 12.4. The SMILES string of the molecule is CCCCCCCCCCCC[N+](C)([O-])Cc1cccnc1. The average Bonchev–Trinajstić information content (AvgIpc) is 2.49. The summed E-state index contributed by atoms with van der Waals surface area (Å²) in [5.41, 5.74) is 1.03.